The first-order valence-electron chi connectivity index (χ1n) is 7.27. The van der Waals surface area contributed by atoms with Gasteiger partial charge in [-0.15, -0.1) is 0 Å². The van der Waals surface area contributed by atoms with Crippen molar-refractivity contribution in [3.8, 4) is 0 Å². The summed E-state index contributed by atoms with van der Waals surface area (Å²) in [5.41, 5.74) is 1.26. The third-order valence-electron chi connectivity index (χ3n) is 3.85. The van der Waals surface area contributed by atoms with Gasteiger partial charge in [0, 0.05) is 24.2 Å². The lowest BCUT2D eigenvalue weighted by molar-refractivity contribution is 0.0699. The van der Waals surface area contributed by atoms with E-state index in [9.17, 15) is 9.90 Å². The average molecular weight is 287 g/mol. The van der Waals surface area contributed by atoms with E-state index in [0.717, 1.165) is 35.8 Å². The van der Waals surface area contributed by atoms with Crippen molar-refractivity contribution in [2.24, 2.45) is 5.92 Å². The molecule has 2 rings (SSSR count). The third kappa shape index (κ3) is 3.52. The second kappa shape index (κ2) is 7.09. The van der Waals surface area contributed by atoms with Gasteiger partial charge in [0.25, 0.3) is 0 Å². The van der Waals surface area contributed by atoms with Crippen LogP contribution in [0, 0.1) is 5.92 Å². The number of hydrogen-bond acceptors (Lipinski definition) is 3. The molecule has 0 saturated carbocycles. The lowest BCUT2D eigenvalue weighted by Gasteiger charge is -2.17. The van der Waals surface area contributed by atoms with E-state index in [1.807, 2.05) is 30.3 Å². The van der Waals surface area contributed by atoms with E-state index >= 15 is 0 Å². The number of carboxylic acids is 1. The fraction of sp³-hybridized carbons (Fsp3) is 0.353. The van der Waals surface area contributed by atoms with Crippen LogP contribution in [0.15, 0.2) is 36.4 Å². The Morgan fingerprint density at radius 2 is 1.90 bits per heavy atom. The lowest BCUT2D eigenvalue weighted by atomic mass is 10.0. The van der Waals surface area contributed by atoms with E-state index in [1.54, 1.807) is 6.07 Å². The van der Waals surface area contributed by atoms with Crippen LogP contribution < -0.4 is 5.32 Å². The van der Waals surface area contributed by atoms with Gasteiger partial charge in [0.1, 0.15) is 0 Å². The SMILES string of the molecule is CCC(CCO)CNc1ccc(C(=O)O)c2ccccc12. The van der Waals surface area contributed by atoms with Crippen molar-refractivity contribution in [1.29, 1.82) is 0 Å². The molecule has 0 fully saturated rings. The predicted molar refractivity (Wildman–Crippen MR) is 84.9 cm³/mol. The number of hydrogen-bond donors (Lipinski definition) is 3. The van der Waals surface area contributed by atoms with Gasteiger partial charge in [-0.2, -0.15) is 0 Å². The summed E-state index contributed by atoms with van der Waals surface area (Å²) in [6.07, 6.45) is 1.77. The van der Waals surface area contributed by atoms with Crippen LogP contribution in [0.3, 0.4) is 0 Å². The summed E-state index contributed by atoms with van der Waals surface area (Å²) in [6.45, 7) is 3.07. The number of anilines is 1. The monoisotopic (exact) mass is 287 g/mol. The predicted octanol–water partition coefficient (Wildman–Crippen LogP) is 3.36. The minimum absolute atomic E-state index is 0.193. The molecule has 2 aromatic rings. The molecule has 0 saturated heterocycles. The van der Waals surface area contributed by atoms with Crippen molar-refractivity contribution < 1.29 is 15.0 Å². The number of nitrogens with one attached hydrogen (secondary N) is 1. The fourth-order valence-corrected chi connectivity index (χ4v) is 2.53. The van der Waals surface area contributed by atoms with Crippen molar-refractivity contribution in [3.63, 3.8) is 0 Å². The zero-order chi connectivity index (χ0) is 15.2. The van der Waals surface area contributed by atoms with Gasteiger partial charge in [0.15, 0.2) is 0 Å². The molecular weight excluding hydrogens is 266 g/mol. The lowest BCUT2D eigenvalue weighted by Crippen LogP contribution is -2.15. The first-order valence-corrected chi connectivity index (χ1v) is 7.27. The van der Waals surface area contributed by atoms with Crippen LogP contribution in [0.1, 0.15) is 30.1 Å². The van der Waals surface area contributed by atoms with Gasteiger partial charge in [0.2, 0.25) is 0 Å². The second-order valence-electron chi connectivity index (χ2n) is 5.18. The Morgan fingerprint density at radius 1 is 1.19 bits per heavy atom. The van der Waals surface area contributed by atoms with Crippen LogP contribution in [0.5, 0.6) is 0 Å². The Balaban J connectivity index is 2.29. The van der Waals surface area contributed by atoms with Crippen LogP contribution in [0.2, 0.25) is 0 Å². The summed E-state index contributed by atoms with van der Waals surface area (Å²) < 4.78 is 0. The van der Waals surface area contributed by atoms with Crippen molar-refractivity contribution in [2.75, 3.05) is 18.5 Å². The molecule has 2 aromatic carbocycles. The number of benzene rings is 2. The van der Waals surface area contributed by atoms with Crippen molar-refractivity contribution in [3.05, 3.63) is 42.0 Å². The maximum absolute atomic E-state index is 11.3. The highest BCUT2D eigenvalue weighted by Gasteiger charge is 2.12. The maximum atomic E-state index is 11.3. The quantitative estimate of drug-likeness (QED) is 0.730. The molecule has 1 atom stereocenters. The van der Waals surface area contributed by atoms with Crippen LogP contribution in [-0.4, -0.2) is 29.3 Å². The van der Waals surface area contributed by atoms with Crippen molar-refractivity contribution in [1.82, 2.24) is 0 Å². The number of aromatic carboxylic acids is 1. The molecule has 0 aromatic heterocycles. The van der Waals surface area contributed by atoms with Gasteiger partial charge in [-0.1, -0.05) is 37.6 Å². The average Bonchev–Trinajstić information content (AvgIpc) is 2.50. The van der Waals surface area contributed by atoms with Gasteiger partial charge in [0.05, 0.1) is 5.56 Å². The van der Waals surface area contributed by atoms with Crippen LogP contribution >= 0.6 is 0 Å². The summed E-state index contributed by atoms with van der Waals surface area (Å²) in [5, 5.41) is 23.3. The van der Waals surface area contributed by atoms with E-state index < -0.39 is 5.97 Å². The molecular formula is C17H21NO3. The Bertz CT molecular complexity index is 624. The van der Waals surface area contributed by atoms with Crippen molar-refractivity contribution in [2.45, 2.75) is 19.8 Å². The van der Waals surface area contributed by atoms with Gasteiger partial charge >= 0.3 is 5.97 Å². The Labute approximate surface area is 124 Å². The van der Waals surface area contributed by atoms with E-state index in [-0.39, 0.29) is 6.61 Å². The molecule has 0 aliphatic rings. The summed E-state index contributed by atoms with van der Waals surface area (Å²) in [6, 6.07) is 11.0. The first kappa shape index (κ1) is 15.3. The maximum Gasteiger partial charge on any atom is 0.336 e. The van der Waals surface area contributed by atoms with Gasteiger partial charge in [-0.3, -0.25) is 0 Å². The Morgan fingerprint density at radius 3 is 2.52 bits per heavy atom. The van der Waals surface area contributed by atoms with Crippen LogP contribution in [0.4, 0.5) is 5.69 Å². The van der Waals surface area contributed by atoms with E-state index in [2.05, 4.69) is 12.2 Å². The molecule has 0 bridgehead atoms. The summed E-state index contributed by atoms with van der Waals surface area (Å²) >= 11 is 0. The molecule has 3 N–H and O–H groups in total. The van der Waals surface area contributed by atoms with Crippen molar-refractivity contribution >= 4 is 22.4 Å². The first-order chi connectivity index (χ1) is 10.2. The number of carbonyl (C=O) groups is 1. The smallest absolute Gasteiger partial charge is 0.336 e. The zero-order valence-electron chi connectivity index (χ0n) is 12.2. The second-order valence-corrected chi connectivity index (χ2v) is 5.18. The molecule has 0 heterocycles. The Kier molecular flexibility index (Phi) is 5.17. The molecule has 0 aliphatic carbocycles. The van der Waals surface area contributed by atoms with E-state index in [1.165, 1.54) is 0 Å². The molecule has 4 heteroatoms. The Hall–Kier alpha value is -2.07. The number of aliphatic hydroxyl groups is 1. The number of aliphatic hydroxyl groups excluding tert-OH is 1. The standard InChI is InChI=1S/C17H21NO3/c1-2-12(9-10-19)11-18-16-8-7-15(17(20)21)13-5-3-4-6-14(13)16/h3-8,12,18-19H,2,9-11H2,1H3,(H,20,21). The number of fused-ring (bicyclic) bond motifs is 1. The normalized spacial score (nSPS) is 12.3. The van der Waals surface area contributed by atoms with E-state index in [4.69, 9.17) is 5.11 Å². The summed E-state index contributed by atoms with van der Waals surface area (Å²) in [5.74, 6) is -0.502. The third-order valence-corrected chi connectivity index (χ3v) is 3.85. The summed E-state index contributed by atoms with van der Waals surface area (Å²) in [4.78, 5) is 11.3. The van der Waals surface area contributed by atoms with Gasteiger partial charge in [-0.25, -0.2) is 4.79 Å². The molecule has 0 spiro atoms. The fourth-order valence-electron chi connectivity index (χ4n) is 2.53. The zero-order valence-corrected chi connectivity index (χ0v) is 12.2. The highest BCUT2D eigenvalue weighted by Crippen LogP contribution is 2.27. The van der Waals surface area contributed by atoms with Gasteiger partial charge < -0.3 is 15.5 Å². The number of rotatable bonds is 7. The van der Waals surface area contributed by atoms with Gasteiger partial charge in [-0.05, 0) is 29.9 Å². The minimum atomic E-state index is -0.913. The topological polar surface area (TPSA) is 69.6 Å². The largest absolute Gasteiger partial charge is 0.478 e. The molecule has 112 valence electrons. The molecule has 21 heavy (non-hydrogen) atoms. The highest BCUT2D eigenvalue weighted by atomic mass is 16.4. The molecule has 4 nitrogen and oxygen atoms in total. The molecule has 0 amide bonds. The molecule has 1 unspecified atom stereocenters. The summed E-state index contributed by atoms with van der Waals surface area (Å²) in [7, 11) is 0. The molecule has 0 radical (unpaired) electrons. The number of carboxylic acid groups (broad SMARTS) is 1. The van der Waals surface area contributed by atoms with Crippen LogP contribution in [0.25, 0.3) is 10.8 Å². The highest BCUT2D eigenvalue weighted by molar-refractivity contribution is 6.07. The van der Waals surface area contributed by atoms with Crippen LogP contribution in [-0.2, 0) is 0 Å². The minimum Gasteiger partial charge on any atom is -0.478 e. The molecule has 0 aliphatic heterocycles. The van der Waals surface area contributed by atoms with E-state index in [0.29, 0.717) is 11.5 Å².